The standard InChI is InChI=1S/C62H44F3N3/c1-39-20-22-42(23-21-39)52-36-50(61-66-56(44-14-6-4-7-15-44)38-57(67-61)45-16-8-5-9-17-45)37-53(43-24-28-51(29-25-43)62(63,64)65)60(52)68-58-30-26-48(46-18-10-12-40(2)32-46)34-54(58)55-35-49(27-31-59(55)68)47-19-11-13-41(3)33-47/h4-38H,1-3H3. The molecule has 0 atom stereocenters. The van der Waals surface area contributed by atoms with Crippen LogP contribution in [0.3, 0.4) is 0 Å². The summed E-state index contributed by atoms with van der Waals surface area (Å²) in [6, 6.07) is 70.5. The molecular formula is C62H44F3N3. The van der Waals surface area contributed by atoms with E-state index in [0.717, 1.165) is 100 Å². The molecule has 9 aromatic carbocycles. The minimum absolute atomic E-state index is 0.492. The van der Waals surface area contributed by atoms with Crippen LogP contribution in [0.15, 0.2) is 212 Å². The second-order valence-electron chi connectivity index (χ2n) is 17.6. The highest BCUT2D eigenvalue weighted by molar-refractivity contribution is 6.13. The first-order valence-corrected chi connectivity index (χ1v) is 22.7. The number of aryl methyl sites for hydroxylation is 3. The molecule has 11 aromatic rings. The van der Waals surface area contributed by atoms with Crippen LogP contribution in [0.2, 0.25) is 0 Å². The molecule has 0 unspecified atom stereocenters. The van der Waals surface area contributed by atoms with E-state index in [2.05, 4.69) is 141 Å². The van der Waals surface area contributed by atoms with E-state index in [4.69, 9.17) is 9.97 Å². The summed E-state index contributed by atoms with van der Waals surface area (Å²) in [5.74, 6) is 0.492. The van der Waals surface area contributed by atoms with Crippen molar-refractivity contribution >= 4 is 21.8 Å². The third-order valence-corrected chi connectivity index (χ3v) is 12.8. The molecule has 0 N–H and O–H groups in total. The molecule has 0 aliphatic carbocycles. The Labute approximate surface area is 393 Å². The van der Waals surface area contributed by atoms with E-state index in [9.17, 15) is 13.2 Å². The molecule has 0 aliphatic rings. The van der Waals surface area contributed by atoms with Crippen molar-refractivity contribution in [3.05, 3.63) is 235 Å². The number of aromatic nitrogens is 3. The van der Waals surface area contributed by atoms with Crippen LogP contribution in [0.25, 0.3) is 106 Å². The lowest BCUT2D eigenvalue weighted by atomic mass is 9.91. The number of hydrogen-bond acceptors (Lipinski definition) is 2. The van der Waals surface area contributed by atoms with Gasteiger partial charge in [-0.2, -0.15) is 13.2 Å². The fourth-order valence-electron chi connectivity index (χ4n) is 9.38. The number of hydrogen-bond donors (Lipinski definition) is 0. The van der Waals surface area contributed by atoms with Gasteiger partial charge in [0.2, 0.25) is 0 Å². The van der Waals surface area contributed by atoms with Gasteiger partial charge < -0.3 is 4.57 Å². The van der Waals surface area contributed by atoms with Gasteiger partial charge in [-0.1, -0.05) is 174 Å². The molecule has 0 aliphatic heterocycles. The maximum Gasteiger partial charge on any atom is 0.416 e. The zero-order chi connectivity index (χ0) is 46.5. The zero-order valence-electron chi connectivity index (χ0n) is 37.7. The average Bonchev–Trinajstić information content (AvgIpc) is 3.69. The molecule has 3 nitrogen and oxygen atoms in total. The molecule has 0 saturated heterocycles. The highest BCUT2D eigenvalue weighted by Gasteiger charge is 2.31. The molecular weight excluding hydrogens is 844 g/mol. The first-order valence-electron chi connectivity index (χ1n) is 22.7. The Balaban J connectivity index is 1.26. The molecule has 0 amide bonds. The Hall–Kier alpha value is -8.35. The summed E-state index contributed by atoms with van der Waals surface area (Å²) in [7, 11) is 0. The van der Waals surface area contributed by atoms with E-state index < -0.39 is 11.7 Å². The largest absolute Gasteiger partial charge is 0.416 e. The summed E-state index contributed by atoms with van der Waals surface area (Å²) in [4.78, 5) is 10.5. The van der Waals surface area contributed by atoms with Gasteiger partial charge in [0.25, 0.3) is 0 Å². The third-order valence-electron chi connectivity index (χ3n) is 12.8. The Morgan fingerprint density at radius 1 is 0.353 bits per heavy atom. The van der Waals surface area contributed by atoms with Crippen LogP contribution in [-0.2, 0) is 6.18 Å². The van der Waals surface area contributed by atoms with E-state index in [0.29, 0.717) is 11.4 Å². The minimum atomic E-state index is -4.51. The summed E-state index contributed by atoms with van der Waals surface area (Å²) >= 11 is 0. The number of rotatable bonds is 8. The monoisotopic (exact) mass is 887 g/mol. The molecule has 2 heterocycles. The SMILES string of the molecule is Cc1ccc(-c2cc(-c3nc(-c4ccccc4)cc(-c4ccccc4)n3)cc(-c3ccc(C(F)(F)F)cc3)c2-n2c3ccc(-c4cccc(C)c4)cc3c3cc(-c4cccc(C)c4)ccc32)cc1. The van der Waals surface area contributed by atoms with Crippen molar-refractivity contribution in [2.75, 3.05) is 0 Å². The van der Waals surface area contributed by atoms with Gasteiger partial charge in [0.1, 0.15) is 0 Å². The number of fused-ring (bicyclic) bond motifs is 3. The van der Waals surface area contributed by atoms with E-state index in [1.54, 1.807) is 12.1 Å². The average molecular weight is 888 g/mol. The van der Waals surface area contributed by atoms with Crippen LogP contribution in [-0.4, -0.2) is 14.5 Å². The molecule has 0 saturated carbocycles. The molecule has 0 radical (unpaired) electrons. The molecule has 0 fully saturated rings. The first-order chi connectivity index (χ1) is 33.0. The van der Waals surface area contributed by atoms with Crippen LogP contribution in [0.5, 0.6) is 0 Å². The second-order valence-corrected chi connectivity index (χ2v) is 17.6. The summed E-state index contributed by atoms with van der Waals surface area (Å²) in [6.45, 7) is 6.27. The predicted molar refractivity (Wildman–Crippen MR) is 274 cm³/mol. The summed E-state index contributed by atoms with van der Waals surface area (Å²) in [5, 5.41) is 2.11. The molecule has 2 aromatic heterocycles. The van der Waals surface area contributed by atoms with Crippen LogP contribution < -0.4 is 0 Å². The van der Waals surface area contributed by atoms with E-state index >= 15 is 0 Å². The third kappa shape index (κ3) is 8.04. The molecule has 68 heavy (non-hydrogen) atoms. The van der Waals surface area contributed by atoms with Gasteiger partial charge in [0.15, 0.2) is 5.82 Å². The lowest BCUT2D eigenvalue weighted by molar-refractivity contribution is -0.137. The van der Waals surface area contributed by atoms with Gasteiger partial charge in [-0.05, 0) is 109 Å². The molecule has 328 valence electrons. The van der Waals surface area contributed by atoms with Crippen molar-refractivity contribution in [2.45, 2.75) is 26.9 Å². The Morgan fingerprint density at radius 3 is 1.24 bits per heavy atom. The van der Waals surface area contributed by atoms with Gasteiger partial charge in [0.05, 0.1) is 33.7 Å². The van der Waals surface area contributed by atoms with Crippen LogP contribution in [0.1, 0.15) is 22.3 Å². The summed E-state index contributed by atoms with van der Waals surface area (Å²) < 4.78 is 45.1. The van der Waals surface area contributed by atoms with Crippen molar-refractivity contribution in [2.24, 2.45) is 0 Å². The Morgan fingerprint density at radius 2 is 0.779 bits per heavy atom. The topological polar surface area (TPSA) is 30.7 Å². The van der Waals surface area contributed by atoms with Crippen molar-refractivity contribution in [3.63, 3.8) is 0 Å². The highest BCUT2D eigenvalue weighted by Crippen LogP contribution is 2.46. The minimum Gasteiger partial charge on any atom is -0.308 e. The normalized spacial score (nSPS) is 11.7. The second kappa shape index (κ2) is 17.1. The van der Waals surface area contributed by atoms with Gasteiger partial charge in [0, 0.05) is 38.6 Å². The van der Waals surface area contributed by atoms with Crippen molar-refractivity contribution in [1.29, 1.82) is 0 Å². The predicted octanol–water partition coefficient (Wildman–Crippen LogP) is 17.2. The number of halogens is 3. The molecule has 0 bridgehead atoms. The van der Waals surface area contributed by atoms with Crippen molar-refractivity contribution in [1.82, 2.24) is 14.5 Å². The van der Waals surface area contributed by atoms with Crippen LogP contribution >= 0.6 is 0 Å². The first kappa shape index (κ1) is 42.3. The van der Waals surface area contributed by atoms with E-state index in [1.165, 1.54) is 23.3 Å². The molecule has 6 heteroatoms. The van der Waals surface area contributed by atoms with Crippen LogP contribution in [0.4, 0.5) is 13.2 Å². The Bertz CT molecular complexity index is 3510. The fraction of sp³-hybridized carbons (Fsp3) is 0.0645. The lowest BCUT2D eigenvalue weighted by Gasteiger charge is -2.21. The van der Waals surface area contributed by atoms with Crippen LogP contribution in [0, 0.1) is 20.8 Å². The zero-order valence-corrected chi connectivity index (χ0v) is 37.7. The summed E-state index contributed by atoms with van der Waals surface area (Å²) in [5.41, 5.74) is 17.1. The lowest BCUT2D eigenvalue weighted by Crippen LogP contribution is -2.05. The Kier molecular flexibility index (Phi) is 10.7. The van der Waals surface area contributed by atoms with Gasteiger partial charge in [-0.15, -0.1) is 0 Å². The quantitative estimate of drug-likeness (QED) is 0.152. The maximum absolute atomic E-state index is 14.3. The summed E-state index contributed by atoms with van der Waals surface area (Å²) in [6.07, 6.45) is -4.51. The fourth-order valence-corrected chi connectivity index (χ4v) is 9.38. The van der Waals surface area contributed by atoms with Crippen molar-refractivity contribution < 1.29 is 13.2 Å². The number of alkyl halides is 3. The number of nitrogens with zero attached hydrogens (tertiary/aromatic N) is 3. The highest BCUT2D eigenvalue weighted by atomic mass is 19.4. The van der Waals surface area contributed by atoms with Crippen molar-refractivity contribution in [3.8, 4) is 84.1 Å². The molecule has 11 rings (SSSR count). The number of benzene rings is 9. The smallest absolute Gasteiger partial charge is 0.308 e. The maximum atomic E-state index is 14.3. The van der Waals surface area contributed by atoms with E-state index in [-0.39, 0.29) is 0 Å². The van der Waals surface area contributed by atoms with Gasteiger partial charge in [-0.25, -0.2) is 9.97 Å². The van der Waals surface area contributed by atoms with E-state index in [1.807, 2.05) is 72.8 Å². The van der Waals surface area contributed by atoms with Gasteiger partial charge in [-0.3, -0.25) is 0 Å². The van der Waals surface area contributed by atoms with Gasteiger partial charge >= 0.3 is 6.18 Å². The molecule has 0 spiro atoms.